The molecule has 2 N–H and O–H groups in total. The number of rotatable bonds is 5. The molecule has 0 aliphatic carbocycles. The van der Waals surface area contributed by atoms with E-state index in [1.54, 1.807) is 10.9 Å². The average molecular weight is 318 g/mol. The Morgan fingerprint density at radius 1 is 1.23 bits per heavy atom. The first-order chi connectivity index (χ1) is 10.5. The van der Waals surface area contributed by atoms with Gasteiger partial charge in [-0.2, -0.15) is 5.10 Å². The number of aryl methyl sites for hydroxylation is 1. The molecule has 7 heteroatoms. The Morgan fingerprint density at radius 2 is 1.95 bits per heavy atom. The molecule has 0 radical (unpaired) electrons. The molecule has 0 saturated carbocycles. The zero-order valence-electron chi connectivity index (χ0n) is 12.7. The lowest BCUT2D eigenvalue weighted by molar-refractivity contribution is -0.114. The summed E-state index contributed by atoms with van der Waals surface area (Å²) in [7, 11) is 1.82. The molecule has 1 heterocycles. The second-order valence-electron chi connectivity index (χ2n) is 4.78. The van der Waals surface area contributed by atoms with E-state index in [1.165, 1.54) is 18.7 Å². The third-order valence-corrected chi connectivity index (χ3v) is 4.14. The van der Waals surface area contributed by atoms with Crippen LogP contribution in [0.5, 0.6) is 0 Å². The molecule has 0 atom stereocenters. The number of para-hydroxylation sites is 1. The van der Waals surface area contributed by atoms with Gasteiger partial charge >= 0.3 is 0 Å². The third-order valence-electron chi connectivity index (χ3n) is 3.07. The number of anilines is 2. The maximum absolute atomic E-state index is 12.0. The first-order valence-electron chi connectivity index (χ1n) is 6.75. The van der Waals surface area contributed by atoms with Crippen LogP contribution in [0, 0.1) is 6.92 Å². The molecule has 0 unspecified atom stereocenters. The Bertz CT molecular complexity index is 697. The molecule has 1 aromatic carbocycles. The fourth-order valence-electron chi connectivity index (χ4n) is 1.84. The quantitative estimate of drug-likeness (QED) is 0.830. The lowest BCUT2D eigenvalue weighted by Gasteiger charge is -2.09. The fraction of sp³-hybridized carbons (Fsp3) is 0.267. The van der Waals surface area contributed by atoms with Crippen molar-refractivity contribution < 1.29 is 9.59 Å². The monoisotopic (exact) mass is 318 g/mol. The van der Waals surface area contributed by atoms with Crippen LogP contribution >= 0.6 is 11.8 Å². The van der Waals surface area contributed by atoms with Gasteiger partial charge in [0.05, 0.1) is 29.0 Å². The number of carbonyl (C=O) groups excluding carboxylic acids is 2. The minimum Gasteiger partial charge on any atom is -0.325 e. The molecule has 0 aliphatic heterocycles. The highest BCUT2D eigenvalue weighted by Crippen LogP contribution is 2.27. The normalized spacial score (nSPS) is 10.3. The number of nitrogens with zero attached hydrogens (tertiary/aromatic N) is 2. The molecule has 0 bridgehead atoms. The van der Waals surface area contributed by atoms with Crippen molar-refractivity contribution in [3.8, 4) is 0 Å². The highest BCUT2D eigenvalue weighted by Gasteiger charge is 2.10. The summed E-state index contributed by atoms with van der Waals surface area (Å²) in [5, 5.41) is 9.67. The van der Waals surface area contributed by atoms with Crippen LogP contribution in [0.1, 0.15) is 12.6 Å². The number of hydrogen-bond donors (Lipinski definition) is 2. The van der Waals surface area contributed by atoms with E-state index in [-0.39, 0.29) is 17.6 Å². The molecule has 2 rings (SSSR count). The van der Waals surface area contributed by atoms with Gasteiger partial charge in [0.2, 0.25) is 11.8 Å². The number of thioether (sulfide) groups is 1. The minimum absolute atomic E-state index is 0.112. The Balaban J connectivity index is 1.97. The Morgan fingerprint density at radius 3 is 2.59 bits per heavy atom. The van der Waals surface area contributed by atoms with Crippen LogP contribution in [0.4, 0.5) is 11.4 Å². The van der Waals surface area contributed by atoms with Gasteiger partial charge in [-0.25, -0.2) is 0 Å². The summed E-state index contributed by atoms with van der Waals surface area (Å²) in [5.41, 5.74) is 2.32. The highest BCUT2D eigenvalue weighted by molar-refractivity contribution is 8.00. The molecule has 116 valence electrons. The number of carbonyl (C=O) groups is 2. The lowest BCUT2D eigenvalue weighted by Crippen LogP contribution is -2.15. The summed E-state index contributed by atoms with van der Waals surface area (Å²) < 4.78 is 1.70. The first kappa shape index (κ1) is 16.1. The number of aromatic nitrogens is 2. The minimum atomic E-state index is -0.136. The van der Waals surface area contributed by atoms with Crippen molar-refractivity contribution in [2.24, 2.45) is 7.05 Å². The lowest BCUT2D eigenvalue weighted by atomic mass is 10.3. The van der Waals surface area contributed by atoms with Crippen LogP contribution < -0.4 is 10.6 Å². The summed E-state index contributed by atoms with van der Waals surface area (Å²) in [4.78, 5) is 24.1. The summed E-state index contributed by atoms with van der Waals surface area (Å²) in [6.45, 7) is 3.35. The molecular weight excluding hydrogens is 300 g/mol. The SMILES string of the molecule is CC(=O)Nc1ccccc1SCC(=O)Nc1cnn(C)c1C. The second-order valence-corrected chi connectivity index (χ2v) is 5.80. The van der Waals surface area contributed by atoms with Crippen molar-refractivity contribution in [3.05, 3.63) is 36.2 Å². The molecule has 2 aromatic rings. The smallest absolute Gasteiger partial charge is 0.234 e. The van der Waals surface area contributed by atoms with Gasteiger partial charge in [-0.15, -0.1) is 11.8 Å². The van der Waals surface area contributed by atoms with Crippen LogP contribution in [0.3, 0.4) is 0 Å². The van der Waals surface area contributed by atoms with E-state index < -0.39 is 0 Å². The van der Waals surface area contributed by atoms with E-state index in [9.17, 15) is 9.59 Å². The first-order valence-corrected chi connectivity index (χ1v) is 7.74. The zero-order chi connectivity index (χ0) is 16.1. The van der Waals surface area contributed by atoms with Gasteiger partial charge in [0.1, 0.15) is 0 Å². The van der Waals surface area contributed by atoms with E-state index in [0.717, 1.165) is 10.6 Å². The molecule has 0 spiro atoms. The van der Waals surface area contributed by atoms with E-state index in [2.05, 4.69) is 15.7 Å². The van der Waals surface area contributed by atoms with Crippen LogP contribution in [0.2, 0.25) is 0 Å². The molecule has 1 aromatic heterocycles. The number of amides is 2. The van der Waals surface area contributed by atoms with Gasteiger partial charge in [0.25, 0.3) is 0 Å². The summed E-state index contributed by atoms with van der Waals surface area (Å²) in [6, 6.07) is 7.40. The number of nitrogens with one attached hydrogen (secondary N) is 2. The molecule has 0 aliphatic rings. The van der Waals surface area contributed by atoms with Gasteiger partial charge in [-0.1, -0.05) is 12.1 Å². The second kappa shape index (κ2) is 7.13. The Kier molecular flexibility index (Phi) is 5.21. The maximum atomic E-state index is 12.0. The number of hydrogen-bond acceptors (Lipinski definition) is 4. The highest BCUT2D eigenvalue weighted by atomic mass is 32.2. The molecule has 6 nitrogen and oxygen atoms in total. The van der Waals surface area contributed by atoms with Crippen molar-refractivity contribution in [2.75, 3.05) is 16.4 Å². The summed E-state index contributed by atoms with van der Waals surface area (Å²) in [6.07, 6.45) is 1.63. The largest absolute Gasteiger partial charge is 0.325 e. The van der Waals surface area contributed by atoms with Gasteiger partial charge in [0, 0.05) is 18.9 Å². The summed E-state index contributed by atoms with van der Waals surface area (Å²) >= 11 is 1.38. The average Bonchev–Trinajstić information content (AvgIpc) is 2.78. The van der Waals surface area contributed by atoms with E-state index in [0.29, 0.717) is 11.4 Å². The van der Waals surface area contributed by atoms with Gasteiger partial charge in [0.15, 0.2) is 0 Å². The zero-order valence-corrected chi connectivity index (χ0v) is 13.5. The predicted molar refractivity (Wildman–Crippen MR) is 88.0 cm³/mol. The Hall–Kier alpha value is -2.28. The van der Waals surface area contributed by atoms with Gasteiger partial charge in [-0.3, -0.25) is 14.3 Å². The van der Waals surface area contributed by atoms with Crippen molar-refractivity contribution in [1.82, 2.24) is 9.78 Å². The van der Waals surface area contributed by atoms with E-state index >= 15 is 0 Å². The molecular formula is C15H18N4O2S. The maximum Gasteiger partial charge on any atom is 0.234 e. The topological polar surface area (TPSA) is 76.0 Å². The van der Waals surface area contributed by atoms with Crippen LogP contribution in [-0.2, 0) is 16.6 Å². The third kappa shape index (κ3) is 4.11. The summed E-state index contributed by atoms with van der Waals surface area (Å²) in [5.74, 6) is 0.00694. The van der Waals surface area contributed by atoms with Crippen molar-refractivity contribution in [2.45, 2.75) is 18.7 Å². The van der Waals surface area contributed by atoms with Crippen LogP contribution in [-0.4, -0.2) is 27.3 Å². The fourth-order valence-corrected chi connectivity index (χ4v) is 2.64. The van der Waals surface area contributed by atoms with Crippen LogP contribution in [0.15, 0.2) is 35.4 Å². The molecule has 0 fully saturated rings. The van der Waals surface area contributed by atoms with E-state index in [1.807, 2.05) is 38.2 Å². The van der Waals surface area contributed by atoms with Crippen LogP contribution in [0.25, 0.3) is 0 Å². The van der Waals surface area contributed by atoms with Crippen molar-refractivity contribution in [1.29, 1.82) is 0 Å². The standard InChI is InChI=1S/C15H18N4O2S/c1-10-13(8-16-19(10)3)18-15(21)9-22-14-7-5-4-6-12(14)17-11(2)20/h4-8H,9H2,1-3H3,(H,17,20)(H,18,21). The molecule has 0 saturated heterocycles. The van der Waals surface area contributed by atoms with E-state index in [4.69, 9.17) is 0 Å². The molecule has 22 heavy (non-hydrogen) atoms. The van der Waals surface area contributed by atoms with Gasteiger partial charge in [-0.05, 0) is 19.1 Å². The van der Waals surface area contributed by atoms with Crippen molar-refractivity contribution >= 4 is 35.0 Å². The predicted octanol–water partition coefficient (Wildman–Crippen LogP) is 2.42. The number of benzene rings is 1. The van der Waals surface area contributed by atoms with Gasteiger partial charge < -0.3 is 10.6 Å². The Labute approximate surface area is 133 Å². The van der Waals surface area contributed by atoms with Crippen molar-refractivity contribution in [3.63, 3.8) is 0 Å². The molecule has 2 amide bonds.